The Hall–Kier alpha value is -3.79. The summed E-state index contributed by atoms with van der Waals surface area (Å²) in [6.07, 6.45) is -0.751. The minimum atomic E-state index is -1.19. The van der Waals surface area contributed by atoms with E-state index in [0.29, 0.717) is 0 Å². The molecule has 2 amide bonds. The van der Waals surface area contributed by atoms with Crippen LogP contribution < -0.4 is 10.6 Å². The highest BCUT2D eigenvalue weighted by molar-refractivity contribution is 5.89. The first kappa shape index (κ1) is 23.9. The Morgan fingerprint density at radius 3 is 2.09 bits per heavy atom. The average Bonchev–Trinajstić information content (AvgIpc) is 3.12. The number of fused-ring (bicyclic) bond motifs is 3. The number of hydrogen-bond donors (Lipinski definition) is 3. The van der Waals surface area contributed by atoms with E-state index < -0.39 is 30.1 Å². The molecule has 2 atom stereocenters. The third-order valence-electron chi connectivity index (χ3n) is 5.66. The molecular formula is C26H28N2O5. The van der Waals surface area contributed by atoms with Crippen LogP contribution in [0.3, 0.4) is 0 Å². The molecule has 7 nitrogen and oxygen atoms in total. The molecular weight excluding hydrogens is 420 g/mol. The number of benzene rings is 2. The molecule has 0 radical (unpaired) electrons. The van der Waals surface area contributed by atoms with E-state index in [1.807, 2.05) is 36.4 Å². The van der Waals surface area contributed by atoms with Crippen molar-refractivity contribution in [3.8, 4) is 23.0 Å². The van der Waals surface area contributed by atoms with Crippen molar-refractivity contribution >= 4 is 18.0 Å². The number of alkyl carbamates (subject to hydrolysis) is 1. The van der Waals surface area contributed by atoms with Gasteiger partial charge in [-0.15, -0.1) is 11.8 Å². The summed E-state index contributed by atoms with van der Waals surface area (Å²) in [6.45, 7) is 5.23. The highest BCUT2D eigenvalue weighted by atomic mass is 16.5. The van der Waals surface area contributed by atoms with Gasteiger partial charge in [-0.1, -0.05) is 62.4 Å². The van der Waals surface area contributed by atoms with Crippen molar-refractivity contribution in [2.24, 2.45) is 5.92 Å². The monoisotopic (exact) mass is 448 g/mol. The van der Waals surface area contributed by atoms with Crippen LogP contribution in [0.25, 0.3) is 11.1 Å². The highest BCUT2D eigenvalue weighted by Crippen LogP contribution is 2.44. The number of hydrogen-bond acceptors (Lipinski definition) is 4. The maximum Gasteiger partial charge on any atom is 0.407 e. The molecule has 3 N–H and O–H groups in total. The van der Waals surface area contributed by atoms with Crippen molar-refractivity contribution in [1.29, 1.82) is 0 Å². The smallest absolute Gasteiger partial charge is 0.407 e. The van der Waals surface area contributed by atoms with Gasteiger partial charge in [0.05, 0.1) is 0 Å². The molecule has 0 spiro atoms. The van der Waals surface area contributed by atoms with Crippen molar-refractivity contribution in [1.82, 2.24) is 10.6 Å². The van der Waals surface area contributed by atoms with Gasteiger partial charge in [-0.25, -0.2) is 9.59 Å². The Labute approximate surface area is 193 Å². The molecule has 1 aliphatic rings. The lowest BCUT2D eigenvalue weighted by molar-refractivity contribution is -0.142. The average molecular weight is 449 g/mol. The van der Waals surface area contributed by atoms with Crippen LogP contribution in [0.15, 0.2) is 48.5 Å². The van der Waals surface area contributed by atoms with Crippen LogP contribution in [0.2, 0.25) is 0 Å². The lowest BCUT2D eigenvalue weighted by Crippen LogP contribution is -2.53. The van der Waals surface area contributed by atoms with Crippen LogP contribution in [0, 0.1) is 17.8 Å². The van der Waals surface area contributed by atoms with Crippen molar-refractivity contribution in [3.63, 3.8) is 0 Å². The molecule has 172 valence electrons. The number of carboxylic acids is 1. The molecule has 0 saturated carbocycles. The molecule has 1 unspecified atom stereocenters. The van der Waals surface area contributed by atoms with Gasteiger partial charge in [0.1, 0.15) is 18.7 Å². The predicted octanol–water partition coefficient (Wildman–Crippen LogP) is 3.53. The van der Waals surface area contributed by atoms with Gasteiger partial charge < -0.3 is 20.5 Å². The first-order valence-corrected chi connectivity index (χ1v) is 10.9. The van der Waals surface area contributed by atoms with E-state index in [9.17, 15) is 19.5 Å². The molecule has 2 aromatic rings. The largest absolute Gasteiger partial charge is 0.480 e. The van der Waals surface area contributed by atoms with E-state index in [0.717, 1.165) is 22.3 Å². The van der Waals surface area contributed by atoms with Gasteiger partial charge in [0.15, 0.2) is 0 Å². The maximum atomic E-state index is 12.7. The van der Waals surface area contributed by atoms with E-state index in [1.165, 1.54) is 0 Å². The standard InChI is InChI=1S/C26H28N2O5/c1-4-5-14-22(25(30)31)27-24(29)23(16(2)3)28-26(32)33-15-21-19-12-8-6-10-17(19)18-11-7-9-13-20(18)21/h6-13,16,21-23H,14-15H2,1-3H3,(H,27,29)(H,28,32)(H,30,31)/t22?,23-/m1/s1. The lowest BCUT2D eigenvalue weighted by Gasteiger charge is -2.23. The Balaban J connectivity index is 1.65. The Kier molecular flexibility index (Phi) is 7.73. The van der Waals surface area contributed by atoms with Gasteiger partial charge in [-0.3, -0.25) is 4.79 Å². The maximum absolute atomic E-state index is 12.7. The van der Waals surface area contributed by atoms with E-state index in [2.05, 4.69) is 34.6 Å². The van der Waals surface area contributed by atoms with Gasteiger partial charge in [0, 0.05) is 12.3 Å². The predicted molar refractivity (Wildman–Crippen MR) is 124 cm³/mol. The quantitative estimate of drug-likeness (QED) is 0.536. The highest BCUT2D eigenvalue weighted by Gasteiger charge is 2.31. The zero-order valence-corrected chi connectivity index (χ0v) is 18.9. The van der Waals surface area contributed by atoms with Crippen LogP contribution in [-0.4, -0.2) is 41.8 Å². The van der Waals surface area contributed by atoms with Crippen molar-refractivity contribution in [2.45, 2.75) is 45.2 Å². The number of aliphatic carboxylic acids is 1. The molecule has 0 aliphatic heterocycles. The summed E-state index contributed by atoms with van der Waals surface area (Å²) in [6, 6.07) is 13.9. The molecule has 0 heterocycles. The molecule has 33 heavy (non-hydrogen) atoms. The fourth-order valence-electron chi connectivity index (χ4n) is 3.97. The summed E-state index contributed by atoms with van der Waals surface area (Å²) >= 11 is 0. The normalized spacial score (nSPS) is 13.7. The summed E-state index contributed by atoms with van der Waals surface area (Å²) in [5.74, 6) is 3.11. The zero-order valence-electron chi connectivity index (χ0n) is 18.9. The number of ether oxygens (including phenoxy) is 1. The number of nitrogens with one attached hydrogen (secondary N) is 2. The SMILES string of the molecule is CC#CCC(NC(=O)[C@H](NC(=O)OCC1c2ccccc2-c2ccccc21)C(C)C)C(=O)O. The van der Waals surface area contributed by atoms with E-state index in [-0.39, 0.29) is 24.9 Å². The van der Waals surface area contributed by atoms with E-state index >= 15 is 0 Å². The van der Waals surface area contributed by atoms with Gasteiger partial charge in [-0.2, -0.15) is 0 Å². The molecule has 0 bridgehead atoms. The minimum Gasteiger partial charge on any atom is -0.480 e. The lowest BCUT2D eigenvalue weighted by atomic mass is 9.98. The third-order valence-corrected chi connectivity index (χ3v) is 5.66. The summed E-state index contributed by atoms with van der Waals surface area (Å²) in [5, 5.41) is 14.4. The first-order chi connectivity index (χ1) is 15.8. The van der Waals surface area contributed by atoms with Gasteiger partial charge >= 0.3 is 12.1 Å². The number of carboxylic acid groups (broad SMARTS) is 1. The second kappa shape index (κ2) is 10.7. The first-order valence-electron chi connectivity index (χ1n) is 10.9. The number of rotatable bonds is 8. The van der Waals surface area contributed by atoms with E-state index in [4.69, 9.17) is 4.74 Å². The van der Waals surface area contributed by atoms with Gasteiger partial charge in [0.2, 0.25) is 5.91 Å². The molecule has 3 rings (SSSR count). The molecule has 7 heteroatoms. The third kappa shape index (κ3) is 5.53. The molecule has 0 saturated heterocycles. The Morgan fingerprint density at radius 1 is 1.00 bits per heavy atom. The van der Waals surface area contributed by atoms with Crippen LogP contribution in [0.5, 0.6) is 0 Å². The molecule has 0 fully saturated rings. The van der Waals surface area contributed by atoms with Crippen LogP contribution in [0.1, 0.15) is 44.2 Å². The summed E-state index contributed by atoms with van der Waals surface area (Å²) in [5.41, 5.74) is 4.42. The minimum absolute atomic E-state index is 0.0205. The van der Waals surface area contributed by atoms with Crippen LogP contribution in [-0.2, 0) is 14.3 Å². The fraction of sp³-hybridized carbons (Fsp3) is 0.346. The molecule has 2 aromatic carbocycles. The van der Waals surface area contributed by atoms with E-state index in [1.54, 1.807) is 20.8 Å². The van der Waals surface area contributed by atoms with Crippen molar-refractivity contribution in [3.05, 3.63) is 59.7 Å². The summed E-state index contributed by atoms with van der Waals surface area (Å²) in [4.78, 5) is 36.7. The molecule has 0 aromatic heterocycles. The second-order valence-electron chi connectivity index (χ2n) is 8.22. The van der Waals surface area contributed by atoms with Crippen molar-refractivity contribution < 1.29 is 24.2 Å². The van der Waals surface area contributed by atoms with Gasteiger partial charge in [0.25, 0.3) is 0 Å². The van der Waals surface area contributed by atoms with Crippen LogP contribution >= 0.6 is 0 Å². The van der Waals surface area contributed by atoms with Crippen LogP contribution in [0.4, 0.5) is 4.79 Å². The molecule has 1 aliphatic carbocycles. The number of amides is 2. The zero-order chi connectivity index (χ0) is 24.0. The summed E-state index contributed by atoms with van der Waals surface area (Å²) in [7, 11) is 0. The Morgan fingerprint density at radius 2 is 1.58 bits per heavy atom. The summed E-state index contributed by atoms with van der Waals surface area (Å²) < 4.78 is 5.52. The number of carbonyl (C=O) groups is 3. The van der Waals surface area contributed by atoms with Crippen molar-refractivity contribution in [2.75, 3.05) is 6.61 Å². The fourth-order valence-corrected chi connectivity index (χ4v) is 3.97. The topological polar surface area (TPSA) is 105 Å². The Bertz CT molecular complexity index is 1050. The number of carbonyl (C=O) groups excluding carboxylic acids is 2. The second-order valence-corrected chi connectivity index (χ2v) is 8.22. The van der Waals surface area contributed by atoms with Gasteiger partial charge in [-0.05, 0) is 35.1 Å².